The number of hydrogen-bond donors (Lipinski definition) is 0. The first-order valence-corrected chi connectivity index (χ1v) is 19.1. The summed E-state index contributed by atoms with van der Waals surface area (Å²) in [5.41, 5.74) is 15.5. The van der Waals surface area contributed by atoms with Crippen LogP contribution in [0.2, 0.25) is 0 Å². The van der Waals surface area contributed by atoms with Gasteiger partial charge in [0.15, 0.2) is 0 Å². The maximum Gasteiger partial charge on any atom is -0.00232 e. The van der Waals surface area contributed by atoms with E-state index in [0.29, 0.717) is 5.92 Å². The van der Waals surface area contributed by atoms with Gasteiger partial charge >= 0.3 is 0 Å². The van der Waals surface area contributed by atoms with Crippen LogP contribution in [0.1, 0.15) is 67.2 Å². The lowest BCUT2D eigenvalue weighted by molar-refractivity contribution is 0.619. The minimum absolute atomic E-state index is 0.575. The molecule has 4 aliphatic rings. The molecule has 0 nitrogen and oxygen atoms in total. The lowest BCUT2D eigenvalue weighted by Gasteiger charge is -2.28. The van der Waals surface area contributed by atoms with Crippen molar-refractivity contribution in [2.24, 2.45) is 5.92 Å². The zero-order chi connectivity index (χ0) is 33.7. The smallest absolute Gasteiger partial charge is 0.00232 e. The maximum atomic E-state index is 2.61. The first-order valence-electron chi connectivity index (χ1n) is 19.1. The highest BCUT2D eigenvalue weighted by molar-refractivity contribution is 6.07. The Morgan fingerprint density at radius 3 is 2.08 bits per heavy atom. The molecule has 6 aromatic rings. The first kappa shape index (κ1) is 30.4. The minimum Gasteiger partial charge on any atom is -0.0842 e. The summed E-state index contributed by atoms with van der Waals surface area (Å²) >= 11 is 0. The molecule has 4 aliphatic carbocycles. The van der Waals surface area contributed by atoms with E-state index in [4.69, 9.17) is 0 Å². The summed E-state index contributed by atoms with van der Waals surface area (Å²) in [5, 5.41) is 8.30. The van der Waals surface area contributed by atoms with Gasteiger partial charge in [0.1, 0.15) is 0 Å². The summed E-state index contributed by atoms with van der Waals surface area (Å²) in [6.07, 6.45) is 26.2. The third-order valence-corrected chi connectivity index (χ3v) is 12.0. The molecule has 0 spiro atoms. The summed E-state index contributed by atoms with van der Waals surface area (Å²) in [4.78, 5) is 0. The molecule has 0 bridgehead atoms. The lowest BCUT2D eigenvalue weighted by atomic mass is 9.75. The third kappa shape index (κ3) is 5.11. The van der Waals surface area contributed by atoms with Gasteiger partial charge in [-0.3, -0.25) is 0 Å². The Hall–Kier alpha value is -5.46. The molecule has 246 valence electrons. The van der Waals surface area contributed by atoms with Gasteiger partial charge in [0.25, 0.3) is 0 Å². The van der Waals surface area contributed by atoms with Crippen molar-refractivity contribution in [1.29, 1.82) is 0 Å². The molecule has 0 radical (unpaired) electrons. The van der Waals surface area contributed by atoms with E-state index in [-0.39, 0.29) is 0 Å². The quantitative estimate of drug-likeness (QED) is 0.177. The Balaban J connectivity index is 1.25. The second-order valence-corrected chi connectivity index (χ2v) is 14.8. The topological polar surface area (TPSA) is 0 Å². The van der Waals surface area contributed by atoms with E-state index in [0.717, 1.165) is 32.1 Å². The highest BCUT2D eigenvalue weighted by Gasteiger charge is 2.26. The van der Waals surface area contributed by atoms with Crippen LogP contribution < -0.4 is 10.4 Å². The van der Waals surface area contributed by atoms with Crippen LogP contribution in [-0.4, -0.2) is 0 Å². The highest BCUT2D eigenvalue weighted by Crippen LogP contribution is 2.42. The molecule has 0 aromatic heterocycles. The Kier molecular flexibility index (Phi) is 7.56. The average Bonchev–Trinajstić information content (AvgIpc) is 3.46. The van der Waals surface area contributed by atoms with E-state index in [1.54, 1.807) is 5.57 Å². The Labute approximate surface area is 301 Å². The highest BCUT2D eigenvalue weighted by atomic mass is 14.3. The van der Waals surface area contributed by atoms with Gasteiger partial charge in [0.05, 0.1) is 0 Å². The van der Waals surface area contributed by atoms with E-state index in [1.165, 1.54) is 107 Å². The predicted octanol–water partition coefficient (Wildman–Crippen LogP) is 12.2. The number of benzene rings is 6. The number of rotatable bonds is 4. The van der Waals surface area contributed by atoms with Crippen LogP contribution >= 0.6 is 0 Å². The number of fused-ring (bicyclic) bond motifs is 5. The predicted molar refractivity (Wildman–Crippen MR) is 220 cm³/mol. The summed E-state index contributed by atoms with van der Waals surface area (Å²) in [6.45, 7) is 0. The van der Waals surface area contributed by atoms with Gasteiger partial charge in [-0.2, -0.15) is 0 Å². The summed E-state index contributed by atoms with van der Waals surface area (Å²) in [7, 11) is 0. The zero-order valence-electron chi connectivity index (χ0n) is 29.2. The second kappa shape index (κ2) is 12.7. The van der Waals surface area contributed by atoms with Crippen LogP contribution in [0, 0.1) is 5.92 Å². The van der Waals surface area contributed by atoms with Crippen LogP contribution in [0.4, 0.5) is 0 Å². The van der Waals surface area contributed by atoms with Gasteiger partial charge in [-0.15, -0.1) is 0 Å². The van der Waals surface area contributed by atoms with Crippen molar-refractivity contribution < 1.29 is 0 Å². The fourth-order valence-corrected chi connectivity index (χ4v) is 9.56. The van der Waals surface area contributed by atoms with Gasteiger partial charge in [-0.1, -0.05) is 152 Å². The van der Waals surface area contributed by atoms with Gasteiger partial charge in [-0.25, -0.2) is 0 Å². The van der Waals surface area contributed by atoms with E-state index in [9.17, 15) is 0 Å². The fraction of sp³-hybridized carbons (Fsp3) is 0.176. The van der Waals surface area contributed by atoms with Crippen LogP contribution in [0.5, 0.6) is 0 Å². The van der Waals surface area contributed by atoms with Gasteiger partial charge in [-0.05, 0) is 150 Å². The normalized spacial score (nSPS) is 18.0. The average molecular weight is 655 g/mol. The Morgan fingerprint density at radius 1 is 0.510 bits per heavy atom. The van der Waals surface area contributed by atoms with Crippen molar-refractivity contribution in [3.05, 3.63) is 172 Å². The van der Waals surface area contributed by atoms with Crippen molar-refractivity contribution in [2.75, 3.05) is 0 Å². The Morgan fingerprint density at radius 2 is 1.20 bits per heavy atom. The first-order chi connectivity index (χ1) is 25.3. The summed E-state index contributed by atoms with van der Waals surface area (Å²) < 4.78 is 0. The van der Waals surface area contributed by atoms with Crippen molar-refractivity contribution in [2.45, 2.75) is 51.4 Å². The van der Waals surface area contributed by atoms with Gasteiger partial charge in [0.2, 0.25) is 0 Å². The van der Waals surface area contributed by atoms with Crippen LogP contribution in [0.3, 0.4) is 0 Å². The maximum absolute atomic E-state index is 2.61. The van der Waals surface area contributed by atoms with Crippen LogP contribution in [-0.2, 0) is 6.42 Å². The van der Waals surface area contributed by atoms with Crippen LogP contribution in [0.25, 0.3) is 72.7 Å². The SMILES string of the molecule is C1=Cc2c(cccc2-c2ccccc2-c2c3c(c(C4=CC=C(c5cccc6ccccc56)CC4)c4ccccc24)=C2C=CCCC2CC=3)CCC1. The molecule has 10 rings (SSSR count). The number of aryl methyl sites for hydroxylation is 1. The van der Waals surface area contributed by atoms with E-state index < -0.39 is 0 Å². The monoisotopic (exact) mass is 654 g/mol. The van der Waals surface area contributed by atoms with Gasteiger partial charge in [0, 0.05) is 0 Å². The summed E-state index contributed by atoms with van der Waals surface area (Å²) in [6, 6.07) is 41.0. The number of allylic oxidation sites excluding steroid dienone is 7. The molecule has 1 atom stereocenters. The number of hydrogen-bond acceptors (Lipinski definition) is 0. The third-order valence-electron chi connectivity index (χ3n) is 12.0. The molecule has 0 saturated carbocycles. The molecule has 0 heteroatoms. The standard InChI is InChI=1S/C51H42/c1-2-14-35-18-13-27-43(41(35)19-3-1)44-22-8-9-23-45(44)50-47-25-11-10-24-46(47)49(51-42-21-7-5-16-36(42)32-33-48(50)51)38-30-28-37(29-31-38)40-26-12-17-34-15-4-6-20-39(34)40/h3-4,6-13,15,17-28,30,33,36H,1-2,5,14,16,29,31-32H2. The van der Waals surface area contributed by atoms with Crippen molar-refractivity contribution in [1.82, 2.24) is 0 Å². The largest absolute Gasteiger partial charge is 0.0842 e. The van der Waals surface area contributed by atoms with Crippen molar-refractivity contribution in [3.63, 3.8) is 0 Å². The molecule has 0 N–H and O–H groups in total. The molecule has 0 amide bonds. The second-order valence-electron chi connectivity index (χ2n) is 14.8. The molecule has 0 saturated heterocycles. The van der Waals surface area contributed by atoms with E-state index >= 15 is 0 Å². The minimum atomic E-state index is 0.575. The van der Waals surface area contributed by atoms with Gasteiger partial charge < -0.3 is 0 Å². The summed E-state index contributed by atoms with van der Waals surface area (Å²) in [5.74, 6) is 0.575. The molecule has 6 aromatic carbocycles. The molecule has 0 heterocycles. The molecular formula is C51H42. The lowest BCUT2D eigenvalue weighted by Crippen LogP contribution is -2.38. The van der Waals surface area contributed by atoms with E-state index in [2.05, 4.69) is 152 Å². The molecular weight excluding hydrogens is 613 g/mol. The molecule has 0 fully saturated rings. The fourth-order valence-electron chi connectivity index (χ4n) is 9.56. The molecule has 51 heavy (non-hydrogen) atoms. The van der Waals surface area contributed by atoms with Crippen LogP contribution in [0.15, 0.2) is 140 Å². The van der Waals surface area contributed by atoms with Crippen molar-refractivity contribution >= 4 is 50.4 Å². The zero-order valence-corrected chi connectivity index (χ0v) is 29.2. The van der Waals surface area contributed by atoms with E-state index in [1.807, 2.05) is 0 Å². The molecule has 1 unspecified atom stereocenters. The Bertz CT molecular complexity index is 2630. The van der Waals surface area contributed by atoms with Crippen molar-refractivity contribution in [3.8, 4) is 22.3 Å². The molecule has 0 aliphatic heterocycles.